The van der Waals surface area contributed by atoms with E-state index in [2.05, 4.69) is 5.32 Å². The first-order valence-electron chi connectivity index (χ1n) is 10.0. The molecule has 0 aliphatic rings. The minimum absolute atomic E-state index is 0.0869. The van der Waals surface area contributed by atoms with E-state index in [0.29, 0.717) is 12.1 Å². The van der Waals surface area contributed by atoms with Crippen molar-refractivity contribution in [3.8, 4) is 0 Å². The summed E-state index contributed by atoms with van der Waals surface area (Å²) >= 11 is 0. The molecule has 3 rings (SSSR count). The van der Waals surface area contributed by atoms with Crippen LogP contribution in [0, 0.1) is 12.7 Å². The zero-order valence-corrected chi connectivity index (χ0v) is 18.3. The first-order valence-corrected chi connectivity index (χ1v) is 11.4. The van der Waals surface area contributed by atoms with Crippen LogP contribution in [0.1, 0.15) is 30.5 Å². The maximum atomic E-state index is 13.3. The minimum atomic E-state index is -4.07. The molecule has 0 aliphatic carbocycles. The van der Waals surface area contributed by atoms with E-state index in [-0.39, 0.29) is 10.9 Å². The number of benzene rings is 3. The van der Waals surface area contributed by atoms with Crippen molar-refractivity contribution in [2.24, 2.45) is 0 Å². The highest BCUT2D eigenvalue weighted by molar-refractivity contribution is 7.92. The van der Waals surface area contributed by atoms with Crippen LogP contribution in [0.25, 0.3) is 0 Å². The van der Waals surface area contributed by atoms with Gasteiger partial charge in [-0.05, 0) is 55.3 Å². The van der Waals surface area contributed by atoms with Gasteiger partial charge in [0.15, 0.2) is 0 Å². The first kappa shape index (κ1) is 22.5. The molecule has 5 nitrogen and oxygen atoms in total. The Kier molecular flexibility index (Phi) is 7.07. The predicted octanol–water partition coefficient (Wildman–Crippen LogP) is 4.60. The number of hydrogen-bond donors (Lipinski definition) is 1. The lowest BCUT2D eigenvalue weighted by Gasteiger charge is -2.25. The number of carbonyl (C=O) groups excluding carboxylic acids is 1. The highest BCUT2D eigenvalue weighted by atomic mass is 32.2. The van der Waals surface area contributed by atoms with Gasteiger partial charge < -0.3 is 5.32 Å². The van der Waals surface area contributed by atoms with Gasteiger partial charge in [0.2, 0.25) is 5.91 Å². The van der Waals surface area contributed by atoms with Crippen molar-refractivity contribution >= 4 is 21.6 Å². The average Bonchev–Trinajstić information content (AvgIpc) is 2.77. The van der Waals surface area contributed by atoms with Gasteiger partial charge in [-0.1, -0.05) is 55.0 Å². The third-order valence-corrected chi connectivity index (χ3v) is 6.74. The van der Waals surface area contributed by atoms with E-state index in [0.717, 1.165) is 27.6 Å². The molecule has 0 heterocycles. The molecule has 1 amide bonds. The third kappa shape index (κ3) is 5.49. The van der Waals surface area contributed by atoms with Crippen LogP contribution in [0.3, 0.4) is 0 Å². The van der Waals surface area contributed by atoms with Gasteiger partial charge in [-0.15, -0.1) is 0 Å². The number of para-hydroxylation sites is 1. The van der Waals surface area contributed by atoms with Crippen LogP contribution >= 0.6 is 0 Å². The number of carbonyl (C=O) groups is 1. The van der Waals surface area contributed by atoms with E-state index in [1.807, 2.05) is 38.1 Å². The molecule has 3 aromatic rings. The highest BCUT2D eigenvalue weighted by Crippen LogP contribution is 2.24. The maximum absolute atomic E-state index is 13.3. The Balaban J connectivity index is 1.87. The highest BCUT2D eigenvalue weighted by Gasteiger charge is 2.28. The van der Waals surface area contributed by atoms with Gasteiger partial charge in [-0.3, -0.25) is 9.10 Å². The molecule has 0 aromatic heterocycles. The van der Waals surface area contributed by atoms with Crippen molar-refractivity contribution in [3.63, 3.8) is 0 Å². The number of nitrogens with one attached hydrogen (secondary N) is 1. The van der Waals surface area contributed by atoms with Crippen molar-refractivity contribution in [2.45, 2.75) is 31.2 Å². The fourth-order valence-electron chi connectivity index (χ4n) is 3.23. The number of halogens is 1. The quantitative estimate of drug-likeness (QED) is 0.557. The number of aryl methyl sites for hydroxylation is 1. The number of nitrogens with zero attached hydrogens (tertiary/aromatic N) is 1. The van der Waals surface area contributed by atoms with Gasteiger partial charge in [0, 0.05) is 0 Å². The third-order valence-electron chi connectivity index (χ3n) is 4.96. The normalized spacial score (nSPS) is 12.2. The summed E-state index contributed by atoms with van der Waals surface area (Å²) in [4.78, 5) is 12.8. The fraction of sp³-hybridized carbons (Fsp3) is 0.208. The fourth-order valence-corrected chi connectivity index (χ4v) is 4.65. The molecule has 162 valence electrons. The number of rotatable bonds is 8. The molecule has 0 saturated heterocycles. The molecule has 1 atom stereocenters. The summed E-state index contributed by atoms with van der Waals surface area (Å²) < 4.78 is 40.9. The van der Waals surface area contributed by atoms with Crippen molar-refractivity contribution in [1.82, 2.24) is 5.32 Å². The van der Waals surface area contributed by atoms with Gasteiger partial charge in [0.25, 0.3) is 10.0 Å². The van der Waals surface area contributed by atoms with E-state index in [1.165, 1.54) is 12.1 Å². The van der Waals surface area contributed by atoms with E-state index < -0.39 is 28.3 Å². The van der Waals surface area contributed by atoms with E-state index in [1.54, 1.807) is 30.3 Å². The van der Waals surface area contributed by atoms with Gasteiger partial charge in [0.1, 0.15) is 12.4 Å². The number of anilines is 1. The number of sulfonamides is 1. The van der Waals surface area contributed by atoms with Gasteiger partial charge in [-0.2, -0.15) is 0 Å². The Morgan fingerprint density at radius 2 is 1.58 bits per heavy atom. The Morgan fingerprint density at radius 3 is 2.16 bits per heavy atom. The summed E-state index contributed by atoms with van der Waals surface area (Å²) in [5.74, 6) is -0.964. The summed E-state index contributed by atoms with van der Waals surface area (Å²) in [6.07, 6.45) is 0.658. The van der Waals surface area contributed by atoms with Crippen LogP contribution in [-0.4, -0.2) is 20.9 Å². The number of amides is 1. The predicted molar refractivity (Wildman–Crippen MR) is 120 cm³/mol. The van der Waals surface area contributed by atoms with E-state index in [4.69, 9.17) is 0 Å². The van der Waals surface area contributed by atoms with Crippen LogP contribution in [0.5, 0.6) is 0 Å². The standard InChI is InChI=1S/C24H25FN2O3S/c1-3-23(19-11-9-18(2)10-12-19)26-24(28)17-27(21-7-5-4-6-8-21)31(29,30)22-15-13-20(25)14-16-22/h4-16,23H,3,17H2,1-2H3,(H,26,28)/t23-/m0/s1. The van der Waals surface area contributed by atoms with Crippen LogP contribution in [0.15, 0.2) is 83.8 Å². The van der Waals surface area contributed by atoms with Crippen molar-refractivity contribution < 1.29 is 17.6 Å². The molecule has 1 N–H and O–H groups in total. The van der Waals surface area contributed by atoms with Crippen LogP contribution < -0.4 is 9.62 Å². The lowest BCUT2D eigenvalue weighted by atomic mass is 10.0. The summed E-state index contributed by atoms with van der Waals surface area (Å²) in [6.45, 7) is 3.54. The second-order valence-electron chi connectivity index (χ2n) is 7.24. The SMILES string of the molecule is CC[C@H](NC(=O)CN(c1ccccc1)S(=O)(=O)c1ccc(F)cc1)c1ccc(C)cc1. The van der Waals surface area contributed by atoms with Crippen LogP contribution in [0.4, 0.5) is 10.1 Å². The second-order valence-corrected chi connectivity index (χ2v) is 9.10. The van der Waals surface area contributed by atoms with Crippen LogP contribution in [-0.2, 0) is 14.8 Å². The van der Waals surface area contributed by atoms with E-state index in [9.17, 15) is 17.6 Å². The van der Waals surface area contributed by atoms with Crippen molar-refractivity contribution in [2.75, 3.05) is 10.8 Å². The molecular weight excluding hydrogens is 415 g/mol. The molecule has 7 heteroatoms. The minimum Gasteiger partial charge on any atom is -0.348 e. The Morgan fingerprint density at radius 1 is 0.968 bits per heavy atom. The van der Waals surface area contributed by atoms with E-state index >= 15 is 0 Å². The summed E-state index contributed by atoms with van der Waals surface area (Å²) in [7, 11) is -4.07. The molecule has 3 aromatic carbocycles. The second kappa shape index (κ2) is 9.75. The number of hydrogen-bond acceptors (Lipinski definition) is 3. The zero-order valence-electron chi connectivity index (χ0n) is 17.5. The topological polar surface area (TPSA) is 66.5 Å². The molecule has 0 bridgehead atoms. The lowest BCUT2D eigenvalue weighted by molar-refractivity contribution is -0.120. The average molecular weight is 441 g/mol. The molecule has 0 spiro atoms. The molecule has 0 fully saturated rings. The lowest BCUT2D eigenvalue weighted by Crippen LogP contribution is -2.42. The molecular formula is C24H25FN2O3S. The molecule has 0 unspecified atom stereocenters. The molecule has 0 radical (unpaired) electrons. The zero-order chi connectivity index (χ0) is 22.4. The Bertz CT molecular complexity index is 1120. The van der Waals surface area contributed by atoms with Gasteiger partial charge in [-0.25, -0.2) is 12.8 Å². The first-order chi connectivity index (χ1) is 14.8. The summed E-state index contributed by atoms with van der Waals surface area (Å²) in [5, 5.41) is 2.93. The van der Waals surface area contributed by atoms with Gasteiger partial charge in [0.05, 0.1) is 16.6 Å². The Hall–Kier alpha value is -3.19. The molecule has 31 heavy (non-hydrogen) atoms. The summed E-state index contributed by atoms with van der Waals surface area (Å²) in [5.41, 5.74) is 2.42. The van der Waals surface area contributed by atoms with Crippen molar-refractivity contribution in [1.29, 1.82) is 0 Å². The molecule has 0 saturated carbocycles. The van der Waals surface area contributed by atoms with Crippen molar-refractivity contribution in [3.05, 3.63) is 95.8 Å². The summed E-state index contributed by atoms with van der Waals surface area (Å²) in [6, 6.07) is 20.6. The maximum Gasteiger partial charge on any atom is 0.264 e. The largest absolute Gasteiger partial charge is 0.348 e. The van der Waals surface area contributed by atoms with Gasteiger partial charge >= 0.3 is 0 Å². The monoisotopic (exact) mass is 440 g/mol. The van der Waals surface area contributed by atoms with Crippen LogP contribution in [0.2, 0.25) is 0 Å². The Labute approximate surface area is 182 Å². The molecule has 0 aliphatic heterocycles. The smallest absolute Gasteiger partial charge is 0.264 e.